The van der Waals surface area contributed by atoms with Gasteiger partial charge in [-0.3, -0.25) is 13.9 Å². The Hall–Kier alpha value is -4.50. The van der Waals surface area contributed by atoms with Crippen LogP contribution in [0.1, 0.15) is 42.5 Å². The van der Waals surface area contributed by atoms with Gasteiger partial charge in [-0.25, -0.2) is 12.8 Å². The second-order valence-electron chi connectivity index (χ2n) is 11.3. The zero-order valence-corrected chi connectivity index (χ0v) is 26.9. The molecule has 2 amide bonds. The first kappa shape index (κ1) is 33.4. The lowest BCUT2D eigenvalue weighted by atomic mass is 10.0. The van der Waals surface area contributed by atoms with Gasteiger partial charge in [-0.05, 0) is 68.7 Å². The molecule has 7 nitrogen and oxygen atoms in total. The van der Waals surface area contributed by atoms with Crippen LogP contribution in [-0.4, -0.2) is 43.8 Å². The summed E-state index contributed by atoms with van der Waals surface area (Å²) in [6.07, 6.45) is 0.819. The van der Waals surface area contributed by atoms with E-state index < -0.39 is 40.2 Å². The Morgan fingerprint density at radius 1 is 0.844 bits per heavy atom. The van der Waals surface area contributed by atoms with Crippen molar-refractivity contribution in [1.82, 2.24) is 10.2 Å². The third kappa shape index (κ3) is 8.57. The molecule has 9 heteroatoms. The second kappa shape index (κ2) is 15.0. The minimum atomic E-state index is -4.21. The summed E-state index contributed by atoms with van der Waals surface area (Å²) in [5.74, 6) is -1.57. The number of carbonyl (C=O) groups is 2. The van der Waals surface area contributed by atoms with Gasteiger partial charge in [0.05, 0.1) is 10.6 Å². The fourth-order valence-electron chi connectivity index (χ4n) is 4.95. The number of anilines is 1. The van der Waals surface area contributed by atoms with E-state index in [0.717, 1.165) is 21.0 Å². The largest absolute Gasteiger partial charge is 0.352 e. The van der Waals surface area contributed by atoms with E-state index >= 15 is 4.39 Å². The van der Waals surface area contributed by atoms with E-state index in [2.05, 4.69) is 5.32 Å². The molecule has 4 aromatic carbocycles. The van der Waals surface area contributed by atoms with Gasteiger partial charge in [0, 0.05) is 24.6 Å². The van der Waals surface area contributed by atoms with E-state index in [0.29, 0.717) is 12.1 Å². The molecular formula is C36H40FN3O4S. The Labute approximate surface area is 265 Å². The van der Waals surface area contributed by atoms with Gasteiger partial charge in [-0.2, -0.15) is 0 Å². The van der Waals surface area contributed by atoms with Crippen LogP contribution in [0.25, 0.3) is 0 Å². The van der Waals surface area contributed by atoms with E-state index in [9.17, 15) is 18.0 Å². The SMILES string of the molecule is CCC(C)NC(=O)C(Cc1ccccc1)N(Cc1ccccc1F)C(=O)CN(c1cccc(C)c1)S(=O)(=O)c1ccc(C)cc1. The predicted molar refractivity (Wildman–Crippen MR) is 176 cm³/mol. The fourth-order valence-corrected chi connectivity index (χ4v) is 6.36. The molecule has 0 bridgehead atoms. The first-order valence-corrected chi connectivity index (χ1v) is 16.5. The summed E-state index contributed by atoms with van der Waals surface area (Å²) < 4.78 is 44.3. The molecule has 236 valence electrons. The molecule has 0 aliphatic rings. The lowest BCUT2D eigenvalue weighted by Crippen LogP contribution is -2.54. The Kier molecular flexibility index (Phi) is 11.1. The van der Waals surface area contributed by atoms with Crippen molar-refractivity contribution in [3.05, 3.63) is 131 Å². The molecule has 0 aliphatic carbocycles. The topological polar surface area (TPSA) is 86.8 Å². The van der Waals surface area contributed by atoms with E-state index in [1.54, 1.807) is 48.5 Å². The normalized spacial score (nSPS) is 12.6. The summed E-state index contributed by atoms with van der Waals surface area (Å²) in [6, 6.07) is 27.4. The van der Waals surface area contributed by atoms with Crippen LogP contribution in [-0.2, 0) is 32.6 Å². The first-order valence-electron chi connectivity index (χ1n) is 15.0. The third-order valence-electron chi connectivity index (χ3n) is 7.75. The van der Waals surface area contributed by atoms with Gasteiger partial charge < -0.3 is 10.2 Å². The van der Waals surface area contributed by atoms with Crippen LogP contribution < -0.4 is 9.62 Å². The van der Waals surface area contributed by atoms with Crippen molar-refractivity contribution in [2.45, 2.75) is 64.1 Å². The molecule has 4 rings (SSSR count). The Morgan fingerprint density at radius 2 is 1.51 bits per heavy atom. The maximum Gasteiger partial charge on any atom is 0.264 e. The average Bonchev–Trinajstić information content (AvgIpc) is 3.02. The number of sulfonamides is 1. The van der Waals surface area contributed by atoms with Crippen LogP contribution >= 0.6 is 0 Å². The van der Waals surface area contributed by atoms with Gasteiger partial charge in [0.2, 0.25) is 11.8 Å². The van der Waals surface area contributed by atoms with Gasteiger partial charge in [-0.1, -0.05) is 85.3 Å². The van der Waals surface area contributed by atoms with Crippen molar-refractivity contribution >= 4 is 27.5 Å². The van der Waals surface area contributed by atoms with Crippen molar-refractivity contribution in [3.8, 4) is 0 Å². The Morgan fingerprint density at radius 3 is 2.16 bits per heavy atom. The predicted octanol–water partition coefficient (Wildman–Crippen LogP) is 6.19. The van der Waals surface area contributed by atoms with Crippen LogP contribution in [0, 0.1) is 19.7 Å². The van der Waals surface area contributed by atoms with E-state index in [1.807, 2.05) is 64.1 Å². The summed E-state index contributed by atoms with van der Waals surface area (Å²) in [4.78, 5) is 29.7. The highest BCUT2D eigenvalue weighted by Crippen LogP contribution is 2.26. The smallest absolute Gasteiger partial charge is 0.264 e. The number of halogens is 1. The molecule has 4 aromatic rings. The molecule has 0 fully saturated rings. The molecule has 2 atom stereocenters. The third-order valence-corrected chi connectivity index (χ3v) is 9.54. The number of carbonyl (C=O) groups excluding carboxylic acids is 2. The van der Waals surface area contributed by atoms with Crippen molar-refractivity contribution in [3.63, 3.8) is 0 Å². The van der Waals surface area contributed by atoms with Gasteiger partial charge >= 0.3 is 0 Å². The summed E-state index contributed by atoms with van der Waals surface area (Å²) in [5.41, 5.74) is 3.01. The molecule has 0 spiro atoms. The number of rotatable bonds is 13. The maximum atomic E-state index is 15.0. The Bertz CT molecular complexity index is 1710. The highest BCUT2D eigenvalue weighted by molar-refractivity contribution is 7.92. The zero-order valence-electron chi connectivity index (χ0n) is 26.1. The highest BCUT2D eigenvalue weighted by Gasteiger charge is 2.35. The molecule has 45 heavy (non-hydrogen) atoms. The number of benzene rings is 4. The lowest BCUT2D eigenvalue weighted by Gasteiger charge is -2.34. The maximum absolute atomic E-state index is 15.0. The van der Waals surface area contributed by atoms with E-state index in [1.165, 1.54) is 23.1 Å². The van der Waals surface area contributed by atoms with Crippen LogP contribution in [0.3, 0.4) is 0 Å². The van der Waals surface area contributed by atoms with Gasteiger partial charge in [0.25, 0.3) is 10.0 Å². The van der Waals surface area contributed by atoms with Gasteiger partial charge in [0.15, 0.2) is 0 Å². The molecule has 1 N–H and O–H groups in total. The molecule has 0 aromatic heterocycles. The van der Waals surface area contributed by atoms with Gasteiger partial charge in [0.1, 0.15) is 18.4 Å². The Balaban J connectivity index is 1.82. The van der Waals surface area contributed by atoms with Gasteiger partial charge in [-0.15, -0.1) is 0 Å². The number of nitrogens with one attached hydrogen (secondary N) is 1. The van der Waals surface area contributed by atoms with Crippen molar-refractivity contribution < 1.29 is 22.4 Å². The molecule has 0 saturated heterocycles. The second-order valence-corrected chi connectivity index (χ2v) is 13.2. The summed E-state index contributed by atoms with van der Waals surface area (Å²) in [7, 11) is -4.21. The highest BCUT2D eigenvalue weighted by atomic mass is 32.2. The first-order chi connectivity index (χ1) is 21.5. The number of amides is 2. The standard InChI is InChI=1S/C36H40FN3O4S/c1-5-28(4)38-36(42)34(23-29-13-7-6-8-14-29)39(24-30-15-9-10-17-33(30)37)35(41)25-40(31-16-11-12-27(3)22-31)45(43,44)32-20-18-26(2)19-21-32/h6-22,28,34H,5,23-25H2,1-4H3,(H,38,42). The van der Waals surface area contributed by atoms with Crippen LogP contribution in [0.5, 0.6) is 0 Å². The monoisotopic (exact) mass is 629 g/mol. The molecule has 0 heterocycles. The summed E-state index contributed by atoms with van der Waals surface area (Å²) >= 11 is 0. The molecule has 0 aliphatic heterocycles. The molecule has 0 radical (unpaired) electrons. The van der Waals surface area contributed by atoms with Crippen LogP contribution in [0.2, 0.25) is 0 Å². The number of nitrogens with zero attached hydrogens (tertiary/aromatic N) is 2. The minimum absolute atomic E-state index is 0.0263. The number of hydrogen-bond donors (Lipinski definition) is 1. The van der Waals surface area contributed by atoms with Crippen LogP contribution in [0.15, 0.2) is 108 Å². The summed E-state index contributed by atoms with van der Waals surface area (Å²) in [6.45, 7) is 6.67. The number of aryl methyl sites for hydroxylation is 2. The van der Waals surface area contributed by atoms with E-state index in [-0.39, 0.29) is 29.5 Å². The van der Waals surface area contributed by atoms with Crippen LogP contribution in [0.4, 0.5) is 10.1 Å². The van der Waals surface area contributed by atoms with Crippen molar-refractivity contribution in [1.29, 1.82) is 0 Å². The zero-order chi connectivity index (χ0) is 32.6. The molecular weight excluding hydrogens is 589 g/mol. The number of hydrogen-bond acceptors (Lipinski definition) is 4. The quantitative estimate of drug-likeness (QED) is 0.191. The minimum Gasteiger partial charge on any atom is -0.352 e. The molecule has 2 unspecified atom stereocenters. The van der Waals surface area contributed by atoms with Crippen molar-refractivity contribution in [2.24, 2.45) is 0 Å². The fraction of sp³-hybridized carbons (Fsp3) is 0.278. The van der Waals surface area contributed by atoms with Crippen molar-refractivity contribution in [2.75, 3.05) is 10.8 Å². The molecule has 0 saturated carbocycles. The lowest BCUT2D eigenvalue weighted by molar-refractivity contribution is -0.140. The average molecular weight is 630 g/mol. The van der Waals surface area contributed by atoms with E-state index in [4.69, 9.17) is 0 Å². The summed E-state index contributed by atoms with van der Waals surface area (Å²) in [5, 5.41) is 2.98.